The number of anilines is 1. The Morgan fingerprint density at radius 3 is 2.69 bits per heavy atom. The number of ether oxygens (including phenoxy) is 2. The van der Waals surface area contributed by atoms with Crippen LogP contribution in [0.25, 0.3) is 0 Å². The molecule has 0 bridgehead atoms. The average molecular weight is 377 g/mol. The van der Waals surface area contributed by atoms with Crippen LogP contribution in [0.5, 0.6) is 0 Å². The monoisotopic (exact) mass is 377 g/mol. The van der Waals surface area contributed by atoms with Crippen LogP contribution in [0.1, 0.15) is 26.5 Å². The molecule has 1 aliphatic heterocycles. The number of aliphatic hydroxyl groups excluding tert-OH is 1. The Kier molecular flexibility index (Phi) is 5.28. The number of alkyl halides is 2. The Morgan fingerprint density at radius 1 is 1.54 bits per heavy atom. The van der Waals surface area contributed by atoms with Gasteiger partial charge in [0.05, 0.1) is 12.7 Å². The maximum absolute atomic E-state index is 13.9. The van der Waals surface area contributed by atoms with E-state index in [2.05, 4.69) is 9.72 Å². The maximum Gasteiger partial charge on any atom is 0.413 e. The van der Waals surface area contributed by atoms with Crippen LogP contribution >= 0.6 is 0 Å². The molecule has 12 heteroatoms. The zero-order valence-electron chi connectivity index (χ0n) is 13.8. The van der Waals surface area contributed by atoms with Crippen molar-refractivity contribution in [3.8, 4) is 0 Å². The Hall–Kier alpha value is -2.60. The van der Waals surface area contributed by atoms with Crippen molar-refractivity contribution in [2.45, 2.75) is 44.1 Å². The molecule has 1 aromatic heterocycles. The number of carbonyl (C=O) groups excluding carboxylic acids is 1. The highest BCUT2D eigenvalue weighted by molar-refractivity contribution is 5.87. The average Bonchev–Trinajstić information content (AvgIpc) is 2.81. The van der Waals surface area contributed by atoms with Crippen LogP contribution in [0.3, 0.4) is 0 Å². The van der Waals surface area contributed by atoms with Crippen LogP contribution in [0.15, 0.2) is 17.1 Å². The smallest absolute Gasteiger partial charge is 0.413 e. The summed E-state index contributed by atoms with van der Waals surface area (Å²) < 4.78 is 38.0. The fourth-order valence-electron chi connectivity index (χ4n) is 2.18. The molecule has 1 fully saturated rings. The second kappa shape index (κ2) is 6.96. The number of carboxylic acids is 1. The van der Waals surface area contributed by atoms with Crippen molar-refractivity contribution in [2.24, 2.45) is 0 Å². The zero-order valence-corrected chi connectivity index (χ0v) is 13.8. The third-order valence-electron chi connectivity index (χ3n) is 3.56. The van der Waals surface area contributed by atoms with Gasteiger partial charge in [-0.2, -0.15) is 4.98 Å². The van der Waals surface area contributed by atoms with Crippen LogP contribution in [0.4, 0.5) is 19.4 Å². The summed E-state index contributed by atoms with van der Waals surface area (Å²) in [6.45, 7) is 1.65. The van der Waals surface area contributed by atoms with Gasteiger partial charge in [0.2, 0.25) is 11.8 Å². The first-order valence-electron chi connectivity index (χ1n) is 7.43. The van der Waals surface area contributed by atoms with Crippen molar-refractivity contribution < 1.29 is 38.1 Å². The molecule has 3 N–H and O–H groups in total. The van der Waals surface area contributed by atoms with Crippen LogP contribution in [0, 0.1) is 0 Å². The lowest BCUT2D eigenvalue weighted by molar-refractivity contribution is -0.154. The number of aliphatic carboxylic acids is 1. The van der Waals surface area contributed by atoms with Gasteiger partial charge in [0.25, 0.3) is 5.92 Å². The van der Waals surface area contributed by atoms with E-state index >= 15 is 0 Å². The van der Waals surface area contributed by atoms with Crippen LogP contribution in [-0.4, -0.2) is 56.1 Å². The quantitative estimate of drug-likeness (QED) is 0.677. The molecule has 1 aromatic rings. The number of aliphatic hydroxyl groups is 1. The van der Waals surface area contributed by atoms with Gasteiger partial charge in [-0.05, 0) is 19.9 Å². The van der Waals surface area contributed by atoms with Crippen LogP contribution in [0.2, 0.25) is 0 Å². The molecule has 26 heavy (non-hydrogen) atoms. The van der Waals surface area contributed by atoms with Crippen molar-refractivity contribution in [1.82, 2.24) is 9.55 Å². The molecule has 1 aliphatic rings. The third-order valence-corrected chi connectivity index (χ3v) is 3.56. The molecule has 0 saturated carbocycles. The van der Waals surface area contributed by atoms with E-state index in [-0.39, 0.29) is 5.82 Å². The number of aromatic nitrogens is 2. The molecule has 1 amide bonds. The molecule has 2 heterocycles. The highest BCUT2D eigenvalue weighted by Crippen LogP contribution is 2.41. The summed E-state index contributed by atoms with van der Waals surface area (Å²) in [5, 5.41) is 19.8. The summed E-state index contributed by atoms with van der Waals surface area (Å²) in [5.74, 6) is -5.11. The molecular formula is C14H17F2N3O7. The van der Waals surface area contributed by atoms with Gasteiger partial charge in [0.15, 0.2) is 0 Å². The SMILES string of the molecule is CC(C)(OC(=O)Nc1ccn(C2OC(CO)CC2(F)F)c(=O)n1)C(=O)O. The van der Waals surface area contributed by atoms with Gasteiger partial charge in [0, 0.05) is 12.6 Å². The van der Waals surface area contributed by atoms with Gasteiger partial charge < -0.3 is 19.7 Å². The standard InChI is InChI=1S/C14H17F2N3O7/c1-13(2,10(21)22)26-12(24)18-8-3-4-19(11(23)17-8)9-14(15,16)5-7(6-20)25-9/h3-4,7,9,20H,5-6H2,1-2H3,(H,21,22)(H,17,18,23,24). The van der Waals surface area contributed by atoms with Crippen molar-refractivity contribution in [1.29, 1.82) is 0 Å². The Balaban J connectivity index is 2.14. The first-order valence-corrected chi connectivity index (χ1v) is 7.43. The van der Waals surface area contributed by atoms with Gasteiger partial charge in [-0.1, -0.05) is 0 Å². The van der Waals surface area contributed by atoms with Crippen molar-refractivity contribution in [3.05, 3.63) is 22.7 Å². The molecule has 2 unspecified atom stereocenters. The molecule has 1 saturated heterocycles. The van der Waals surface area contributed by atoms with E-state index in [1.807, 2.05) is 5.32 Å². The number of amides is 1. The second-order valence-electron chi connectivity index (χ2n) is 6.09. The van der Waals surface area contributed by atoms with Crippen LogP contribution < -0.4 is 11.0 Å². The first kappa shape index (κ1) is 19.7. The fraction of sp³-hybridized carbons (Fsp3) is 0.571. The van der Waals surface area contributed by atoms with Gasteiger partial charge in [-0.25, -0.2) is 23.2 Å². The number of nitrogens with one attached hydrogen (secondary N) is 1. The lowest BCUT2D eigenvalue weighted by Gasteiger charge is -2.21. The summed E-state index contributed by atoms with van der Waals surface area (Å²) >= 11 is 0. The van der Waals surface area contributed by atoms with Crippen LogP contribution in [-0.2, 0) is 14.3 Å². The Bertz CT molecular complexity index is 765. The van der Waals surface area contributed by atoms with Crippen molar-refractivity contribution >= 4 is 17.9 Å². The van der Waals surface area contributed by atoms with E-state index in [9.17, 15) is 23.2 Å². The minimum absolute atomic E-state index is 0.322. The Labute approximate surface area is 145 Å². The number of carboxylic acid groups (broad SMARTS) is 1. The highest BCUT2D eigenvalue weighted by atomic mass is 19.3. The molecular weight excluding hydrogens is 360 g/mol. The first-order chi connectivity index (χ1) is 12.0. The molecule has 2 atom stereocenters. The fourth-order valence-corrected chi connectivity index (χ4v) is 2.18. The van der Waals surface area contributed by atoms with E-state index < -0.39 is 54.6 Å². The predicted molar refractivity (Wildman–Crippen MR) is 80.9 cm³/mol. The molecule has 0 radical (unpaired) electrons. The highest BCUT2D eigenvalue weighted by Gasteiger charge is 2.51. The minimum Gasteiger partial charge on any atom is -0.478 e. The topological polar surface area (TPSA) is 140 Å². The zero-order chi connectivity index (χ0) is 19.7. The molecule has 2 rings (SSSR count). The van der Waals surface area contributed by atoms with Crippen molar-refractivity contribution in [3.63, 3.8) is 0 Å². The van der Waals surface area contributed by atoms with E-state index in [0.717, 1.165) is 26.1 Å². The number of hydrogen-bond acceptors (Lipinski definition) is 7. The van der Waals surface area contributed by atoms with Gasteiger partial charge in [0.1, 0.15) is 5.82 Å². The number of halogens is 2. The number of nitrogens with zero attached hydrogens (tertiary/aromatic N) is 2. The van der Waals surface area contributed by atoms with Gasteiger partial charge in [-0.15, -0.1) is 0 Å². The largest absolute Gasteiger partial charge is 0.478 e. The van der Waals surface area contributed by atoms with Crippen molar-refractivity contribution in [2.75, 3.05) is 11.9 Å². The molecule has 144 valence electrons. The van der Waals surface area contributed by atoms with E-state index in [1.54, 1.807) is 0 Å². The van der Waals surface area contributed by atoms with E-state index in [4.69, 9.17) is 14.9 Å². The van der Waals surface area contributed by atoms with E-state index in [0.29, 0.717) is 4.57 Å². The van der Waals surface area contributed by atoms with Gasteiger partial charge in [-0.3, -0.25) is 9.88 Å². The van der Waals surface area contributed by atoms with Gasteiger partial charge >= 0.3 is 17.8 Å². The normalized spacial score (nSPS) is 22.0. The molecule has 0 aromatic carbocycles. The molecule has 10 nitrogen and oxygen atoms in total. The summed E-state index contributed by atoms with van der Waals surface area (Å²) in [5.41, 5.74) is -2.96. The summed E-state index contributed by atoms with van der Waals surface area (Å²) in [6, 6.07) is 1.04. The minimum atomic E-state index is -3.39. The Morgan fingerprint density at radius 2 is 2.19 bits per heavy atom. The summed E-state index contributed by atoms with van der Waals surface area (Å²) in [6.07, 6.45) is -4.06. The number of carbonyl (C=O) groups is 2. The summed E-state index contributed by atoms with van der Waals surface area (Å²) in [4.78, 5) is 37.9. The second-order valence-corrected chi connectivity index (χ2v) is 6.09. The number of hydrogen-bond donors (Lipinski definition) is 3. The number of rotatable bonds is 5. The predicted octanol–water partition coefficient (Wildman–Crippen LogP) is 0.570. The lowest BCUT2D eigenvalue weighted by atomic mass is 10.1. The summed E-state index contributed by atoms with van der Waals surface area (Å²) in [7, 11) is 0. The molecule has 0 spiro atoms. The van der Waals surface area contributed by atoms with E-state index in [1.165, 1.54) is 0 Å². The molecule has 0 aliphatic carbocycles. The third kappa shape index (κ3) is 4.14. The maximum atomic E-state index is 13.9. The lowest BCUT2D eigenvalue weighted by Crippen LogP contribution is -2.39.